The van der Waals surface area contributed by atoms with Crippen molar-refractivity contribution < 1.29 is 9.50 Å². The lowest BCUT2D eigenvalue weighted by atomic mass is 10.0. The van der Waals surface area contributed by atoms with Crippen molar-refractivity contribution in [3.05, 3.63) is 30.3 Å². The average Bonchev–Trinajstić information content (AvgIpc) is 2.38. The summed E-state index contributed by atoms with van der Waals surface area (Å²) in [7, 11) is 0. The van der Waals surface area contributed by atoms with Crippen LogP contribution in [0.4, 0.5) is 10.2 Å². The molecule has 0 bridgehead atoms. The second-order valence-electron chi connectivity index (χ2n) is 4.89. The van der Waals surface area contributed by atoms with Crippen molar-refractivity contribution in [3.8, 4) is 0 Å². The lowest BCUT2D eigenvalue weighted by Gasteiger charge is -2.22. The number of hydrogen-bond acceptors (Lipinski definition) is 4. The van der Waals surface area contributed by atoms with E-state index in [2.05, 4.69) is 29.1 Å². The number of nitrogens with one attached hydrogen (secondary N) is 1. The predicted molar refractivity (Wildman–Crippen MR) is 73.4 cm³/mol. The first-order chi connectivity index (χ1) is 9.11. The molecule has 0 aliphatic rings. The molecule has 102 valence electrons. The number of fused-ring (bicyclic) bond motifs is 1. The molecule has 2 N–H and O–H groups in total. The third-order valence-electron chi connectivity index (χ3n) is 3.16. The van der Waals surface area contributed by atoms with Gasteiger partial charge in [0.15, 0.2) is 0 Å². The quantitative estimate of drug-likeness (QED) is 0.870. The Bertz CT molecular complexity index is 559. The van der Waals surface area contributed by atoms with Crippen molar-refractivity contribution in [1.82, 2.24) is 9.97 Å². The molecule has 0 fully saturated rings. The molecular weight excluding hydrogens is 245 g/mol. The van der Waals surface area contributed by atoms with Crippen LogP contribution in [0.15, 0.2) is 24.5 Å². The maximum Gasteiger partial charge on any atom is 0.137 e. The van der Waals surface area contributed by atoms with Gasteiger partial charge in [0, 0.05) is 18.0 Å². The second kappa shape index (κ2) is 5.93. The number of aliphatic hydroxyl groups is 1. The summed E-state index contributed by atoms with van der Waals surface area (Å²) in [6, 6.07) is 4.53. The van der Waals surface area contributed by atoms with E-state index in [0.29, 0.717) is 29.1 Å². The van der Waals surface area contributed by atoms with E-state index in [1.54, 1.807) is 6.07 Å². The van der Waals surface area contributed by atoms with Gasteiger partial charge < -0.3 is 10.4 Å². The molecule has 0 saturated heterocycles. The molecule has 0 spiro atoms. The van der Waals surface area contributed by atoms with Gasteiger partial charge in [-0.05, 0) is 30.5 Å². The summed E-state index contributed by atoms with van der Waals surface area (Å²) in [5.74, 6) is 0.635. The van der Waals surface area contributed by atoms with Crippen LogP contribution in [0.3, 0.4) is 0 Å². The normalized spacial score (nSPS) is 12.9. The molecule has 1 aromatic heterocycles. The summed E-state index contributed by atoms with van der Waals surface area (Å²) in [5.41, 5.74) is 0.699. The zero-order valence-electron chi connectivity index (χ0n) is 11.1. The number of hydrogen-bond donors (Lipinski definition) is 2. The highest BCUT2D eigenvalue weighted by Gasteiger charge is 2.15. The average molecular weight is 263 g/mol. The van der Waals surface area contributed by atoms with E-state index in [1.807, 2.05) is 0 Å². The molecule has 0 unspecified atom stereocenters. The lowest BCUT2D eigenvalue weighted by Crippen LogP contribution is -2.27. The van der Waals surface area contributed by atoms with E-state index < -0.39 is 0 Å². The summed E-state index contributed by atoms with van der Waals surface area (Å²) in [4.78, 5) is 8.30. The van der Waals surface area contributed by atoms with Crippen LogP contribution < -0.4 is 5.32 Å². The molecule has 0 saturated carbocycles. The molecule has 0 radical (unpaired) electrons. The molecule has 2 aromatic rings. The van der Waals surface area contributed by atoms with Crippen molar-refractivity contribution in [2.45, 2.75) is 26.3 Å². The van der Waals surface area contributed by atoms with Gasteiger partial charge in [0.2, 0.25) is 0 Å². The third kappa shape index (κ3) is 3.17. The van der Waals surface area contributed by atoms with Crippen LogP contribution in [-0.4, -0.2) is 27.7 Å². The van der Waals surface area contributed by atoms with Crippen molar-refractivity contribution >= 4 is 16.7 Å². The Morgan fingerprint density at radius 3 is 2.79 bits per heavy atom. The third-order valence-corrected chi connectivity index (χ3v) is 3.16. The molecule has 1 heterocycles. The van der Waals surface area contributed by atoms with Crippen LogP contribution in [0.25, 0.3) is 10.9 Å². The van der Waals surface area contributed by atoms with Gasteiger partial charge in [0.05, 0.1) is 5.52 Å². The standard InChI is InChI=1S/C14H18FN3O/c1-9(2)12(5-6-19)18-14-11-7-10(15)3-4-13(11)16-8-17-14/h3-4,7-9,12,19H,5-6H2,1-2H3,(H,16,17,18)/t12-/m0/s1. The maximum atomic E-state index is 13.3. The Morgan fingerprint density at radius 1 is 1.32 bits per heavy atom. The lowest BCUT2D eigenvalue weighted by molar-refractivity contribution is 0.267. The predicted octanol–water partition coefficient (Wildman–Crippen LogP) is 2.59. The molecule has 4 nitrogen and oxygen atoms in total. The number of rotatable bonds is 5. The molecule has 0 aliphatic heterocycles. The first-order valence-electron chi connectivity index (χ1n) is 6.39. The molecule has 0 aliphatic carbocycles. The summed E-state index contributed by atoms with van der Waals surface area (Å²) in [6.45, 7) is 4.24. The first-order valence-corrected chi connectivity index (χ1v) is 6.39. The Morgan fingerprint density at radius 2 is 2.11 bits per heavy atom. The van der Waals surface area contributed by atoms with Gasteiger partial charge >= 0.3 is 0 Å². The summed E-state index contributed by atoms with van der Waals surface area (Å²) < 4.78 is 13.3. The molecule has 2 rings (SSSR count). The minimum absolute atomic E-state index is 0.0892. The number of halogens is 1. The van der Waals surface area contributed by atoms with Gasteiger partial charge in [-0.15, -0.1) is 0 Å². The fourth-order valence-corrected chi connectivity index (χ4v) is 2.03. The Kier molecular flexibility index (Phi) is 4.27. The monoisotopic (exact) mass is 263 g/mol. The Labute approximate surface area is 111 Å². The molecule has 1 aromatic carbocycles. The van der Waals surface area contributed by atoms with Crippen LogP contribution in [0.2, 0.25) is 0 Å². The van der Waals surface area contributed by atoms with Gasteiger partial charge in [-0.2, -0.15) is 0 Å². The summed E-state index contributed by atoms with van der Waals surface area (Å²) in [5, 5.41) is 13.0. The summed E-state index contributed by atoms with van der Waals surface area (Å²) in [6.07, 6.45) is 2.08. The molecule has 0 amide bonds. The van der Waals surface area contributed by atoms with Crippen LogP contribution in [-0.2, 0) is 0 Å². The number of aromatic nitrogens is 2. The van der Waals surface area contributed by atoms with E-state index in [-0.39, 0.29) is 18.5 Å². The molecule has 5 heteroatoms. The highest BCUT2D eigenvalue weighted by molar-refractivity contribution is 5.88. The van der Waals surface area contributed by atoms with Crippen molar-refractivity contribution in [2.75, 3.05) is 11.9 Å². The van der Waals surface area contributed by atoms with Crippen LogP contribution in [0.5, 0.6) is 0 Å². The van der Waals surface area contributed by atoms with Crippen LogP contribution in [0.1, 0.15) is 20.3 Å². The first kappa shape index (κ1) is 13.7. The topological polar surface area (TPSA) is 58.0 Å². The van der Waals surface area contributed by atoms with Crippen LogP contribution >= 0.6 is 0 Å². The fraction of sp³-hybridized carbons (Fsp3) is 0.429. The van der Waals surface area contributed by atoms with Crippen molar-refractivity contribution in [3.63, 3.8) is 0 Å². The van der Waals surface area contributed by atoms with Crippen molar-refractivity contribution in [1.29, 1.82) is 0 Å². The minimum atomic E-state index is -0.311. The van der Waals surface area contributed by atoms with Crippen molar-refractivity contribution in [2.24, 2.45) is 5.92 Å². The van der Waals surface area contributed by atoms with E-state index in [9.17, 15) is 4.39 Å². The highest BCUT2D eigenvalue weighted by Crippen LogP contribution is 2.22. The second-order valence-corrected chi connectivity index (χ2v) is 4.89. The van der Waals surface area contributed by atoms with Gasteiger partial charge in [0.25, 0.3) is 0 Å². The maximum absolute atomic E-state index is 13.3. The smallest absolute Gasteiger partial charge is 0.137 e. The number of anilines is 1. The number of nitrogens with zero attached hydrogens (tertiary/aromatic N) is 2. The Hall–Kier alpha value is -1.75. The number of benzene rings is 1. The summed E-state index contributed by atoms with van der Waals surface area (Å²) >= 11 is 0. The molecular formula is C14H18FN3O. The fourth-order valence-electron chi connectivity index (χ4n) is 2.03. The Balaban J connectivity index is 2.36. The highest BCUT2D eigenvalue weighted by atomic mass is 19.1. The largest absolute Gasteiger partial charge is 0.396 e. The molecule has 19 heavy (non-hydrogen) atoms. The van der Waals surface area contributed by atoms with Gasteiger partial charge in [0.1, 0.15) is 18.0 Å². The van der Waals surface area contributed by atoms with E-state index in [1.165, 1.54) is 18.5 Å². The van der Waals surface area contributed by atoms with E-state index >= 15 is 0 Å². The van der Waals surface area contributed by atoms with E-state index in [0.717, 1.165) is 0 Å². The van der Waals surface area contributed by atoms with Gasteiger partial charge in [-0.1, -0.05) is 13.8 Å². The minimum Gasteiger partial charge on any atom is -0.396 e. The van der Waals surface area contributed by atoms with Gasteiger partial charge in [-0.25, -0.2) is 14.4 Å². The van der Waals surface area contributed by atoms with E-state index in [4.69, 9.17) is 5.11 Å². The molecule has 1 atom stereocenters. The zero-order chi connectivity index (χ0) is 13.8. The number of aliphatic hydroxyl groups excluding tert-OH is 1. The van der Waals surface area contributed by atoms with Crippen LogP contribution in [0, 0.1) is 11.7 Å². The van der Waals surface area contributed by atoms with Gasteiger partial charge in [-0.3, -0.25) is 0 Å². The zero-order valence-corrected chi connectivity index (χ0v) is 11.1. The SMILES string of the molecule is CC(C)[C@H](CCO)Nc1ncnc2ccc(F)cc12.